The molecule has 0 saturated carbocycles. The van der Waals surface area contributed by atoms with Crippen LogP contribution in [0.5, 0.6) is 0 Å². The van der Waals surface area contributed by atoms with Crippen LogP contribution in [0.3, 0.4) is 0 Å². The van der Waals surface area contributed by atoms with E-state index in [9.17, 15) is 19.7 Å². The van der Waals surface area contributed by atoms with Crippen molar-refractivity contribution >= 4 is 17.5 Å². The number of likely N-dealkylation sites (tertiary alicyclic amines) is 1. The second kappa shape index (κ2) is 7.34. The van der Waals surface area contributed by atoms with Crippen LogP contribution in [0.1, 0.15) is 25.2 Å². The highest BCUT2D eigenvalue weighted by Crippen LogP contribution is 2.35. The van der Waals surface area contributed by atoms with Gasteiger partial charge in [-0.05, 0) is 31.4 Å². The maximum Gasteiger partial charge on any atom is 0.269 e. The molecule has 144 valence electrons. The molecule has 0 radical (unpaired) electrons. The third-order valence-electron chi connectivity index (χ3n) is 5.18. The zero-order valence-corrected chi connectivity index (χ0v) is 15.0. The van der Waals surface area contributed by atoms with Gasteiger partial charge in [-0.15, -0.1) is 0 Å². The molecule has 1 aromatic heterocycles. The van der Waals surface area contributed by atoms with Crippen LogP contribution in [0.2, 0.25) is 0 Å². The summed E-state index contributed by atoms with van der Waals surface area (Å²) in [7, 11) is 0. The molecule has 9 nitrogen and oxygen atoms in total. The molecule has 9 heteroatoms. The number of amides is 2. The maximum atomic E-state index is 12.4. The topological polar surface area (TPSA) is 119 Å². The third-order valence-corrected chi connectivity index (χ3v) is 5.18. The number of aromatic nitrogens is 2. The van der Waals surface area contributed by atoms with Crippen LogP contribution in [-0.2, 0) is 16.0 Å². The van der Waals surface area contributed by atoms with E-state index < -0.39 is 4.92 Å². The van der Waals surface area contributed by atoms with Crippen LogP contribution in [0, 0.1) is 22.0 Å². The van der Waals surface area contributed by atoms with Crippen LogP contribution in [0.25, 0.3) is 11.4 Å². The van der Waals surface area contributed by atoms with Gasteiger partial charge < -0.3 is 4.52 Å². The first-order valence-corrected chi connectivity index (χ1v) is 9.12. The summed E-state index contributed by atoms with van der Waals surface area (Å²) < 4.78 is 5.22. The lowest BCUT2D eigenvalue weighted by molar-refractivity contribution is -0.384. The van der Waals surface area contributed by atoms with Gasteiger partial charge in [0.2, 0.25) is 23.5 Å². The number of carbonyl (C=O) groups is 2. The van der Waals surface area contributed by atoms with Crippen molar-refractivity contribution in [1.82, 2.24) is 15.0 Å². The third kappa shape index (κ3) is 3.30. The van der Waals surface area contributed by atoms with Gasteiger partial charge in [-0.1, -0.05) is 17.3 Å². The second-order valence-electron chi connectivity index (χ2n) is 6.90. The first kappa shape index (κ1) is 18.0. The van der Waals surface area contributed by atoms with E-state index >= 15 is 0 Å². The van der Waals surface area contributed by atoms with E-state index in [0.717, 1.165) is 0 Å². The van der Waals surface area contributed by atoms with Gasteiger partial charge in [0.05, 0.1) is 16.8 Å². The number of imide groups is 1. The fourth-order valence-electron chi connectivity index (χ4n) is 3.68. The molecule has 1 aliphatic carbocycles. The van der Waals surface area contributed by atoms with Crippen LogP contribution in [-0.4, -0.2) is 38.3 Å². The largest absolute Gasteiger partial charge is 0.339 e. The summed E-state index contributed by atoms with van der Waals surface area (Å²) in [5.41, 5.74) is 0.602. The number of hydrogen-bond donors (Lipinski definition) is 0. The molecule has 0 unspecified atom stereocenters. The Morgan fingerprint density at radius 2 is 1.75 bits per heavy atom. The predicted octanol–water partition coefficient (Wildman–Crippen LogP) is 2.53. The number of nitro groups is 1. The Bertz CT molecular complexity index is 923. The minimum absolute atomic E-state index is 0.0109. The van der Waals surface area contributed by atoms with Gasteiger partial charge in [0, 0.05) is 30.7 Å². The van der Waals surface area contributed by atoms with Gasteiger partial charge >= 0.3 is 0 Å². The minimum Gasteiger partial charge on any atom is -0.339 e. The molecule has 2 heterocycles. The van der Waals surface area contributed by atoms with Gasteiger partial charge in [-0.2, -0.15) is 4.98 Å². The normalized spacial score (nSPS) is 21.2. The van der Waals surface area contributed by atoms with Gasteiger partial charge in [0.15, 0.2) is 0 Å². The van der Waals surface area contributed by atoms with Crippen molar-refractivity contribution in [2.45, 2.75) is 25.7 Å². The second-order valence-corrected chi connectivity index (χ2v) is 6.90. The maximum absolute atomic E-state index is 12.4. The van der Waals surface area contributed by atoms with Crippen molar-refractivity contribution in [3.8, 4) is 11.4 Å². The van der Waals surface area contributed by atoms with E-state index in [2.05, 4.69) is 10.1 Å². The molecule has 28 heavy (non-hydrogen) atoms. The average Bonchev–Trinajstić information content (AvgIpc) is 3.27. The van der Waals surface area contributed by atoms with Crippen LogP contribution in [0.15, 0.2) is 40.9 Å². The molecule has 1 saturated heterocycles. The SMILES string of the molecule is O=C1[C@@H]2CC=CC[C@H]2C(=O)N1CCCc1nc(-c2ccc([N+](=O)[O-])cc2)no1. The number of non-ortho nitro benzene ring substituents is 1. The molecule has 2 amide bonds. The van der Waals surface area contributed by atoms with Crippen LogP contribution in [0.4, 0.5) is 5.69 Å². The number of allylic oxidation sites excluding steroid dienone is 2. The van der Waals surface area contributed by atoms with E-state index in [1.54, 1.807) is 12.1 Å². The Morgan fingerprint density at radius 3 is 2.36 bits per heavy atom. The van der Waals surface area contributed by atoms with Gasteiger partial charge in [-0.3, -0.25) is 24.6 Å². The van der Waals surface area contributed by atoms with Gasteiger partial charge in [0.1, 0.15) is 0 Å². The van der Waals surface area contributed by atoms with Crippen molar-refractivity contribution in [2.24, 2.45) is 11.8 Å². The van der Waals surface area contributed by atoms with E-state index in [-0.39, 0.29) is 29.3 Å². The molecule has 2 atom stereocenters. The molecule has 4 rings (SSSR count). The molecule has 1 fully saturated rings. The summed E-state index contributed by atoms with van der Waals surface area (Å²) in [6, 6.07) is 5.88. The van der Waals surface area contributed by atoms with Gasteiger partial charge in [-0.25, -0.2) is 0 Å². The Morgan fingerprint density at radius 1 is 1.11 bits per heavy atom. The Labute approximate surface area is 160 Å². The Hall–Kier alpha value is -3.36. The number of benzene rings is 1. The summed E-state index contributed by atoms with van der Waals surface area (Å²) in [6.45, 7) is 0.333. The first-order chi connectivity index (χ1) is 13.5. The number of aryl methyl sites for hydroxylation is 1. The molecule has 0 spiro atoms. The van der Waals surface area contributed by atoms with E-state index in [1.807, 2.05) is 12.2 Å². The van der Waals surface area contributed by atoms with Crippen molar-refractivity contribution in [3.63, 3.8) is 0 Å². The lowest BCUT2D eigenvalue weighted by Crippen LogP contribution is -2.32. The summed E-state index contributed by atoms with van der Waals surface area (Å²) in [5.74, 6) is 0.138. The van der Waals surface area contributed by atoms with E-state index in [4.69, 9.17) is 4.52 Å². The van der Waals surface area contributed by atoms with Crippen molar-refractivity contribution in [1.29, 1.82) is 0 Å². The summed E-state index contributed by atoms with van der Waals surface area (Å²) >= 11 is 0. The van der Waals surface area contributed by atoms with Crippen molar-refractivity contribution in [3.05, 3.63) is 52.4 Å². The molecule has 0 N–H and O–H groups in total. The average molecular weight is 382 g/mol. The van der Waals surface area contributed by atoms with Crippen molar-refractivity contribution in [2.75, 3.05) is 6.54 Å². The number of hydrogen-bond acceptors (Lipinski definition) is 7. The highest BCUT2D eigenvalue weighted by atomic mass is 16.6. The smallest absolute Gasteiger partial charge is 0.269 e. The Balaban J connectivity index is 1.34. The van der Waals surface area contributed by atoms with E-state index in [0.29, 0.717) is 49.5 Å². The van der Waals surface area contributed by atoms with Crippen LogP contribution < -0.4 is 0 Å². The first-order valence-electron chi connectivity index (χ1n) is 9.12. The van der Waals surface area contributed by atoms with Crippen molar-refractivity contribution < 1.29 is 19.0 Å². The fourth-order valence-corrected chi connectivity index (χ4v) is 3.68. The predicted molar refractivity (Wildman–Crippen MR) is 96.8 cm³/mol. The number of fused-ring (bicyclic) bond motifs is 1. The number of nitro benzene ring substituents is 1. The number of carbonyl (C=O) groups excluding carboxylic acids is 2. The molecule has 0 bridgehead atoms. The summed E-state index contributed by atoms with van der Waals surface area (Å²) in [6.07, 6.45) is 6.17. The highest BCUT2D eigenvalue weighted by molar-refractivity contribution is 6.05. The number of rotatable bonds is 6. The molecule has 1 aromatic carbocycles. The molecular formula is C19H18N4O5. The lowest BCUT2D eigenvalue weighted by Gasteiger charge is -2.14. The molecule has 1 aliphatic heterocycles. The zero-order chi connectivity index (χ0) is 19.7. The quantitative estimate of drug-likeness (QED) is 0.326. The van der Waals surface area contributed by atoms with E-state index in [1.165, 1.54) is 17.0 Å². The molecule has 2 aromatic rings. The highest BCUT2D eigenvalue weighted by Gasteiger charge is 2.46. The van der Waals surface area contributed by atoms with Gasteiger partial charge in [0.25, 0.3) is 5.69 Å². The summed E-state index contributed by atoms with van der Waals surface area (Å²) in [5, 5.41) is 14.6. The monoisotopic (exact) mass is 382 g/mol. The minimum atomic E-state index is -0.474. The zero-order valence-electron chi connectivity index (χ0n) is 15.0. The Kier molecular flexibility index (Phi) is 4.72. The molecular weight excluding hydrogens is 364 g/mol. The van der Waals surface area contributed by atoms with Crippen LogP contribution >= 0.6 is 0 Å². The molecule has 2 aliphatic rings. The standard InChI is InChI=1S/C19H18N4O5/c24-18-14-4-1-2-5-15(14)19(25)22(18)11-3-6-16-20-17(21-28-16)12-7-9-13(10-8-12)23(26)27/h1-2,7-10,14-15H,3-6,11H2/t14-,15-/m1/s1. The fraction of sp³-hybridized carbons (Fsp3) is 0.368. The number of nitrogens with zero attached hydrogens (tertiary/aromatic N) is 4. The summed E-state index contributed by atoms with van der Waals surface area (Å²) in [4.78, 5) is 40.7. The lowest BCUT2D eigenvalue weighted by atomic mass is 9.85.